The van der Waals surface area contributed by atoms with Gasteiger partial charge in [-0.3, -0.25) is 0 Å². The van der Waals surface area contributed by atoms with Gasteiger partial charge < -0.3 is 9.84 Å². The van der Waals surface area contributed by atoms with Crippen LogP contribution in [0.5, 0.6) is 0 Å². The zero-order chi connectivity index (χ0) is 13.7. The fourth-order valence-corrected chi connectivity index (χ4v) is 2.06. The van der Waals surface area contributed by atoms with E-state index >= 15 is 0 Å². The number of nitriles is 1. The number of aromatic nitrogens is 1. The summed E-state index contributed by atoms with van der Waals surface area (Å²) < 4.78 is 5.13. The fourth-order valence-electron chi connectivity index (χ4n) is 2.06. The summed E-state index contributed by atoms with van der Waals surface area (Å²) in [4.78, 5) is 0. The molecule has 0 fully saturated rings. The van der Waals surface area contributed by atoms with Crippen LogP contribution in [0, 0.1) is 25.2 Å². The molecule has 0 unspecified atom stereocenters. The molecule has 0 atom stereocenters. The number of aryl methyl sites for hydroxylation is 2. The maximum absolute atomic E-state index is 8.83. The lowest BCUT2D eigenvalue weighted by molar-refractivity contribution is 0.392. The first kappa shape index (κ1) is 13.3. The van der Waals surface area contributed by atoms with E-state index < -0.39 is 0 Å². The highest BCUT2D eigenvalue weighted by molar-refractivity contribution is 5.32. The Kier molecular flexibility index (Phi) is 4.32. The van der Waals surface area contributed by atoms with E-state index in [2.05, 4.69) is 16.5 Å². The molecule has 1 aromatic heterocycles. The quantitative estimate of drug-likeness (QED) is 0.834. The largest absolute Gasteiger partial charge is 0.361 e. The highest BCUT2D eigenvalue weighted by Crippen LogP contribution is 2.12. The van der Waals surface area contributed by atoms with Crippen LogP contribution in [0.1, 0.15) is 28.1 Å². The van der Waals surface area contributed by atoms with Crippen molar-refractivity contribution < 1.29 is 4.52 Å². The minimum Gasteiger partial charge on any atom is -0.361 e. The molecule has 0 saturated carbocycles. The van der Waals surface area contributed by atoms with Gasteiger partial charge in [0.15, 0.2) is 0 Å². The van der Waals surface area contributed by atoms with E-state index in [0.29, 0.717) is 5.56 Å². The average Bonchev–Trinajstić information content (AvgIpc) is 2.75. The van der Waals surface area contributed by atoms with Gasteiger partial charge in [0.1, 0.15) is 5.76 Å². The number of nitrogens with one attached hydrogen (secondary N) is 1. The smallest absolute Gasteiger partial charge is 0.137 e. The Morgan fingerprint density at radius 2 is 2.21 bits per heavy atom. The third-order valence-electron chi connectivity index (χ3n) is 3.12. The van der Waals surface area contributed by atoms with Crippen molar-refractivity contribution in [1.29, 1.82) is 5.26 Å². The van der Waals surface area contributed by atoms with Crippen molar-refractivity contribution in [3.05, 3.63) is 52.4 Å². The number of hydrogen-bond acceptors (Lipinski definition) is 4. The van der Waals surface area contributed by atoms with Crippen LogP contribution in [-0.4, -0.2) is 11.7 Å². The molecule has 0 radical (unpaired) electrons. The Balaban J connectivity index is 1.83. The van der Waals surface area contributed by atoms with E-state index in [4.69, 9.17) is 9.78 Å². The molecule has 1 heterocycles. The van der Waals surface area contributed by atoms with Crippen LogP contribution >= 0.6 is 0 Å². The summed E-state index contributed by atoms with van der Waals surface area (Å²) in [6.45, 7) is 5.52. The summed E-state index contributed by atoms with van der Waals surface area (Å²) in [5.41, 5.74) is 3.96. The third-order valence-corrected chi connectivity index (χ3v) is 3.12. The molecule has 4 nitrogen and oxygen atoms in total. The summed E-state index contributed by atoms with van der Waals surface area (Å²) in [5.74, 6) is 0.894. The minimum absolute atomic E-state index is 0.699. The Hall–Kier alpha value is -2.12. The molecule has 0 aliphatic rings. The molecule has 0 amide bonds. The molecule has 1 N–H and O–H groups in total. The Bertz CT molecular complexity index is 576. The van der Waals surface area contributed by atoms with Crippen molar-refractivity contribution in [2.45, 2.75) is 26.8 Å². The van der Waals surface area contributed by atoms with Crippen LogP contribution < -0.4 is 5.32 Å². The van der Waals surface area contributed by atoms with Gasteiger partial charge in [0.05, 0.1) is 17.3 Å². The van der Waals surface area contributed by atoms with E-state index in [1.165, 1.54) is 5.56 Å². The van der Waals surface area contributed by atoms with Gasteiger partial charge in [0.25, 0.3) is 0 Å². The van der Waals surface area contributed by atoms with E-state index in [1.54, 1.807) is 0 Å². The zero-order valence-corrected chi connectivity index (χ0v) is 11.2. The summed E-state index contributed by atoms with van der Waals surface area (Å²) >= 11 is 0. The molecule has 19 heavy (non-hydrogen) atoms. The van der Waals surface area contributed by atoms with Gasteiger partial charge >= 0.3 is 0 Å². The first-order chi connectivity index (χ1) is 9.20. The molecule has 2 rings (SSSR count). The van der Waals surface area contributed by atoms with Crippen molar-refractivity contribution in [1.82, 2.24) is 10.5 Å². The summed E-state index contributed by atoms with van der Waals surface area (Å²) in [7, 11) is 0. The van der Waals surface area contributed by atoms with Gasteiger partial charge in [-0.2, -0.15) is 5.26 Å². The lowest BCUT2D eigenvalue weighted by Crippen LogP contribution is -2.17. The Labute approximate surface area is 113 Å². The summed E-state index contributed by atoms with van der Waals surface area (Å²) in [6.07, 6.45) is 0.902. The fraction of sp³-hybridized carbons (Fsp3) is 0.333. The predicted molar refractivity (Wildman–Crippen MR) is 72.5 cm³/mol. The van der Waals surface area contributed by atoms with Gasteiger partial charge in [-0.25, -0.2) is 0 Å². The van der Waals surface area contributed by atoms with Crippen molar-refractivity contribution in [3.63, 3.8) is 0 Å². The van der Waals surface area contributed by atoms with E-state index in [0.717, 1.165) is 36.5 Å². The zero-order valence-electron chi connectivity index (χ0n) is 11.2. The second-order valence-electron chi connectivity index (χ2n) is 4.54. The van der Waals surface area contributed by atoms with Crippen LogP contribution in [0.4, 0.5) is 0 Å². The molecule has 0 aliphatic heterocycles. The molecule has 0 saturated heterocycles. The maximum atomic E-state index is 8.83. The molecule has 4 heteroatoms. The highest BCUT2D eigenvalue weighted by atomic mass is 16.5. The van der Waals surface area contributed by atoms with Gasteiger partial charge in [-0.15, -0.1) is 0 Å². The van der Waals surface area contributed by atoms with Crippen LogP contribution in [0.3, 0.4) is 0 Å². The highest BCUT2D eigenvalue weighted by Gasteiger charge is 2.07. The Morgan fingerprint density at radius 3 is 2.89 bits per heavy atom. The van der Waals surface area contributed by atoms with Gasteiger partial charge in [0.2, 0.25) is 0 Å². The second-order valence-corrected chi connectivity index (χ2v) is 4.54. The molecular formula is C15H17N3O. The van der Waals surface area contributed by atoms with Gasteiger partial charge in [0, 0.05) is 12.1 Å². The van der Waals surface area contributed by atoms with Crippen molar-refractivity contribution in [2.24, 2.45) is 0 Å². The third kappa shape index (κ3) is 3.43. The maximum Gasteiger partial charge on any atom is 0.137 e. The van der Waals surface area contributed by atoms with Crippen LogP contribution in [0.15, 0.2) is 28.8 Å². The molecule has 0 bridgehead atoms. The predicted octanol–water partition coefficient (Wildman–Crippen LogP) is 2.50. The number of rotatable bonds is 5. The van der Waals surface area contributed by atoms with Gasteiger partial charge in [-0.1, -0.05) is 17.3 Å². The van der Waals surface area contributed by atoms with Crippen molar-refractivity contribution in [3.8, 4) is 6.07 Å². The normalized spacial score (nSPS) is 10.4. The van der Waals surface area contributed by atoms with E-state index in [-0.39, 0.29) is 0 Å². The van der Waals surface area contributed by atoms with Crippen molar-refractivity contribution >= 4 is 0 Å². The standard InChI is InChI=1S/C15H17N3O/c1-11-15(12(2)19-18-11)6-7-17-10-14-5-3-4-13(8-14)9-16/h3-5,8,17H,6-7,10H2,1-2H3. The molecule has 0 spiro atoms. The molecule has 0 aliphatic carbocycles. The monoisotopic (exact) mass is 255 g/mol. The summed E-state index contributed by atoms with van der Waals surface area (Å²) in [5, 5.41) is 16.1. The molecule has 98 valence electrons. The molecule has 1 aromatic carbocycles. The lowest BCUT2D eigenvalue weighted by Gasteiger charge is -2.05. The number of hydrogen-bond donors (Lipinski definition) is 1. The number of nitrogens with zero attached hydrogens (tertiary/aromatic N) is 2. The van der Waals surface area contributed by atoms with Gasteiger partial charge in [-0.05, 0) is 44.5 Å². The number of benzene rings is 1. The topological polar surface area (TPSA) is 61.9 Å². The first-order valence-electron chi connectivity index (χ1n) is 6.32. The SMILES string of the molecule is Cc1noc(C)c1CCNCc1cccc(C#N)c1. The molecular weight excluding hydrogens is 238 g/mol. The molecule has 2 aromatic rings. The average molecular weight is 255 g/mol. The van der Waals surface area contributed by atoms with Crippen LogP contribution in [0.25, 0.3) is 0 Å². The summed E-state index contributed by atoms with van der Waals surface area (Å²) in [6, 6.07) is 9.79. The van der Waals surface area contributed by atoms with Crippen LogP contribution in [-0.2, 0) is 13.0 Å². The minimum atomic E-state index is 0.699. The van der Waals surface area contributed by atoms with Crippen molar-refractivity contribution in [2.75, 3.05) is 6.54 Å². The van der Waals surface area contributed by atoms with E-state index in [1.807, 2.05) is 38.1 Å². The first-order valence-corrected chi connectivity index (χ1v) is 6.32. The Morgan fingerprint density at radius 1 is 1.37 bits per heavy atom. The van der Waals surface area contributed by atoms with E-state index in [9.17, 15) is 0 Å². The lowest BCUT2D eigenvalue weighted by atomic mass is 10.1. The van der Waals surface area contributed by atoms with Crippen LogP contribution in [0.2, 0.25) is 0 Å². The second kappa shape index (κ2) is 6.17.